The summed E-state index contributed by atoms with van der Waals surface area (Å²) in [5.41, 5.74) is 6.60. The predicted molar refractivity (Wildman–Crippen MR) is 139 cm³/mol. The summed E-state index contributed by atoms with van der Waals surface area (Å²) >= 11 is 3.66. The van der Waals surface area contributed by atoms with Crippen molar-refractivity contribution < 1.29 is 8.78 Å². The zero-order valence-corrected chi connectivity index (χ0v) is 21.5. The molecule has 2 saturated heterocycles. The maximum Gasteiger partial charge on any atom is 0.251 e. The van der Waals surface area contributed by atoms with E-state index in [1.165, 1.54) is 31.4 Å². The number of alkyl halides is 2. The van der Waals surface area contributed by atoms with Crippen molar-refractivity contribution in [1.82, 2.24) is 15.2 Å². The third-order valence-electron chi connectivity index (χ3n) is 8.00. The van der Waals surface area contributed by atoms with E-state index < -0.39 is 5.92 Å². The molecule has 6 rings (SSSR count). The molecule has 1 spiro atoms. The van der Waals surface area contributed by atoms with E-state index in [-0.39, 0.29) is 12.8 Å². The summed E-state index contributed by atoms with van der Waals surface area (Å²) in [6.07, 6.45) is 5.07. The van der Waals surface area contributed by atoms with E-state index in [0.29, 0.717) is 18.5 Å². The highest BCUT2D eigenvalue weighted by Crippen LogP contribution is 2.54. The number of hydrogen-bond acceptors (Lipinski definition) is 4. The molecule has 3 fully saturated rings. The first-order valence-electron chi connectivity index (χ1n) is 12.5. The van der Waals surface area contributed by atoms with Gasteiger partial charge in [-0.05, 0) is 74.4 Å². The number of rotatable bonds is 4. The minimum atomic E-state index is -2.57. The van der Waals surface area contributed by atoms with Crippen molar-refractivity contribution in [1.29, 1.82) is 0 Å². The molecule has 5 nitrogen and oxygen atoms in total. The fourth-order valence-corrected chi connectivity index (χ4v) is 5.87. The van der Waals surface area contributed by atoms with E-state index in [4.69, 9.17) is 0 Å². The molecule has 0 atom stereocenters. The summed E-state index contributed by atoms with van der Waals surface area (Å²) in [4.78, 5) is 9.09. The van der Waals surface area contributed by atoms with Crippen LogP contribution in [0.4, 0.5) is 20.3 Å². The van der Waals surface area contributed by atoms with Crippen LogP contribution in [-0.2, 0) is 0 Å². The van der Waals surface area contributed by atoms with Gasteiger partial charge in [0.2, 0.25) is 0 Å². The first kappa shape index (κ1) is 23.0. The molecule has 1 saturated carbocycles. The van der Waals surface area contributed by atoms with Crippen molar-refractivity contribution in [2.45, 2.75) is 51.4 Å². The Labute approximate surface area is 213 Å². The number of aromatic nitrogens is 3. The second kappa shape index (κ2) is 8.57. The molecule has 0 bridgehead atoms. The molecule has 1 aliphatic carbocycles. The molecule has 3 aliphatic rings. The number of H-pyrrole nitrogens is 1. The number of nitrogens with one attached hydrogen (secondary N) is 1. The van der Waals surface area contributed by atoms with Crippen LogP contribution in [0.15, 0.2) is 40.9 Å². The lowest BCUT2D eigenvalue weighted by Crippen LogP contribution is -2.39. The van der Waals surface area contributed by atoms with Crippen LogP contribution in [0.25, 0.3) is 22.5 Å². The zero-order chi connectivity index (χ0) is 24.2. The molecule has 3 aromatic rings. The van der Waals surface area contributed by atoms with Gasteiger partial charge in [-0.25, -0.2) is 13.8 Å². The van der Waals surface area contributed by atoms with Crippen LogP contribution in [0, 0.1) is 12.3 Å². The van der Waals surface area contributed by atoms with Crippen LogP contribution >= 0.6 is 15.9 Å². The molecule has 0 amide bonds. The van der Waals surface area contributed by atoms with Crippen molar-refractivity contribution >= 4 is 27.4 Å². The fraction of sp³-hybridized carbons (Fsp3) is 0.481. The SMILES string of the molecule is Cc1cc(-c2cc(-c3ccc(Br)cc3N3CCC4(CC3)CC4)[nH]n2)cc(N2CCC(F)(F)CC2)n1. The van der Waals surface area contributed by atoms with E-state index in [1.807, 2.05) is 24.0 Å². The molecule has 0 unspecified atom stereocenters. The summed E-state index contributed by atoms with van der Waals surface area (Å²) < 4.78 is 28.4. The first-order valence-corrected chi connectivity index (χ1v) is 13.3. The second-order valence-electron chi connectivity index (χ2n) is 10.5. The average molecular weight is 542 g/mol. The summed E-state index contributed by atoms with van der Waals surface area (Å²) in [7, 11) is 0. The van der Waals surface area contributed by atoms with E-state index >= 15 is 0 Å². The van der Waals surface area contributed by atoms with Gasteiger partial charge in [0.15, 0.2) is 0 Å². The molecular weight excluding hydrogens is 512 g/mol. The van der Waals surface area contributed by atoms with Gasteiger partial charge < -0.3 is 9.80 Å². The molecule has 2 aromatic heterocycles. The number of halogens is 3. The number of piperidine rings is 2. The molecule has 1 aromatic carbocycles. The van der Waals surface area contributed by atoms with Gasteiger partial charge in [0, 0.05) is 66.0 Å². The smallest absolute Gasteiger partial charge is 0.251 e. The minimum Gasteiger partial charge on any atom is -0.371 e. The topological polar surface area (TPSA) is 48.1 Å². The van der Waals surface area contributed by atoms with Gasteiger partial charge >= 0.3 is 0 Å². The highest BCUT2D eigenvalue weighted by Gasteiger charge is 2.44. The van der Waals surface area contributed by atoms with Crippen molar-refractivity contribution in [2.24, 2.45) is 5.41 Å². The molecule has 0 radical (unpaired) electrons. The predicted octanol–water partition coefficient (Wildman–Crippen LogP) is 6.83. The number of aromatic amines is 1. The lowest BCUT2D eigenvalue weighted by Gasteiger charge is -2.35. The van der Waals surface area contributed by atoms with E-state index in [1.54, 1.807) is 0 Å². The Morgan fingerprint density at radius 3 is 2.31 bits per heavy atom. The lowest BCUT2D eigenvalue weighted by atomic mass is 9.93. The lowest BCUT2D eigenvalue weighted by molar-refractivity contribution is -0.0221. The van der Waals surface area contributed by atoms with E-state index in [2.05, 4.69) is 60.3 Å². The fourth-order valence-electron chi connectivity index (χ4n) is 5.52. The molecule has 35 heavy (non-hydrogen) atoms. The molecular formula is C27H30BrF2N5. The molecule has 8 heteroatoms. The van der Waals surface area contributed by atoms with Crippen molar-refractivity contribution in [3.05, 3.63) is 46.6 Å². The number of pyridine rings is 1. The Balaban J connectivity index is 1.28. The van der Waals surface area contributed by atoms with Crippen LogP contribution in [-0.4, -0.2) is 47.3 Å². The maximum absolute atomic E-state index is 13.6. The van der Waals surface area contributed by atoms with Crippen LogP contribution in [0.1, 0.15) is 44.2 Å². The number of hydrogen-bond donors (Lipinski definition) is 1. The zero-order valence-electron chi connectivity index (χ0n) is 20.0. The Hall–Kier alpha value is -2.48. The quantitative estimate of drug-likeness (QED) is 0.393. The van der Waals surface area contributed by atoms with Gasteiger partial charge in [-0.1, -0.05) is 15.9 Å². The standard InChI is InChI=1S/C27H30BrF2N5/c1-18-14-19(15-25(31-18)35-12-8-27(29,30)9-13-35)22-17-23(33-32-22)21-3-2-20(28)16-24(21)34-10-6-26(4-5-26)7-11-34/h2-3,14-17H,4-13H2,1H3,(H,32,33). The minimum absolute atomic E-state index is 0.130. The van der Waals surface area contributed by atoms with E-state index in [0.717, 1.165) is 51.6 Å². The van der Waals surface area contributed by atoms with Gasteiger partial charge in [-0.2, -0.15) is 5.10 Å². The van der Waals surface area contributed by atoms with Crippen molar-refractivity contribution in [2.75, 3.05) is 36.0 Å². The van der Waals surface area contributed by atoms with Crippen LogP contribution < -0.4 is 9.80 Å². The normalized spacial score (nSPS) is 20.9. The molecule has 184 valence electrons. The van der Waals surface area contributed by atoms with Gasteiger partial charge in [0.05, 0.1) is 11.4 Å². The summed E-state index contributed by atoms with van der Waals surface area (Å²) in [5, 5.41) is 7.89. The number of nitrogens with zero attached hydrogens (tertiary/aromatic N) is 4. The maximum atomic E-state index is 13.6. The van der Waals surface area contributed by atoms with Gasteiger partial charge in [-0.15, -0.1) is 0 Å². The Kier molecular flexibility index (Phi) is 5.62. The second-order valence-corrected chi connectivity index (χ2v) is 11.4. The average Bonchev–Trinajstić information content (AvgIpc) is 3.39. The molecule has 4 heterocycles. The van der Waals surface area contributed by atoms with Crippen LogP contribution in [0.3, 0.4) is 0 Å². The monoisotopic (exact) mass is 541 g/mol. The van der Waals surface area contributed by atoms with E-state index in [9.17, 15) is 8.78 Å². The van der Waals surface area contributed by atoms with Crippen LogP contribution in [0.2, 0.25) is 0 Å². The first-order chi connectivity index (χ1) is 16.8. The number of anilines is 2. The van der Waals surface area contributed by atoms with Gasteiger partial charge in [0.1, 0.15) is 5.82 Å². The largest absolute Gasteiger partial charge is 0.371 e. The Bertz CT molecular complexity index is 1230. The van der Waals surface area contributed by atoms with Crippen molar-refractivity contribution in [3.63, 3.8) is 0 Å². The summed E-state index contributed by atoms with van der Waals surface area (Å²) in [6, 6.07) is 12.5. The van der Waals surface area contributed by atoms with Gasteiger partial charge in [0.25, 0.3) is 5.92 Å². The third-order valence-corrected chi connectivity index (χ3v) is 8.50. The molecule has 2 aliphatic heterocycles. The Morgan fingerprint density at radius 1 is 0.886 bits per heavy atom. The highest BCUT2D eigenvalue weighted by molar-refractivity contribution is 9.10. The summed E-state index contributed by atoms with van der Waals surface area (Å²) in [5.74, 6) is -1.83. The molecule has 1 N–H and O–H groups in total. The Morgan fingerprint density at radius 2 is 1.60 bits per heavy atom. The number of aryl methyl sites for hydroxylation is 1. The summed E-state index contributed by atoms with van der Waals surface area (Å²) in [6.45, 7) is 4.75. The third kappa shape index (κ3) is 4.69. The number of benzene rings is 1. The van der Waals surface area contributed by atoms with Gasteiger partial charge in [-0.3, -0.25) is 5.10 Å². The van der Waals surface area contributed by atoms with Crippen LogP contribution in [0.5, 0.6) is 0 Å². The van der Waals surface area contributed by atoms with Crippen molar-refractivity contribution in [3.8, 4) is 22.5 Å². The highest BCUT2D eigenvalue weighted by atomic mass is 79.9.